The predicted octanol–water partition coefficient (Wildman–Crippen LogP) is 0.274. The second-order valence-corrected chi connectivity index (χ2v) is 7.21. The SMILES string of the molecule is CC(=O)N1CCC(N2CCN(Cc3nccnc3C)CC(O)C2)CC1. The Kier molecular flexibility index (Phi) is 5.98. The van der Waals surface area contributed by atoms with Gasteiger partial charge in [-0.1, -0.05) is 0 Å². The van der Waals surface area contributed by atoms with Gasteiger partial charge in [0.25, 0.3) is 0 Å². The average molecular weight is 347 g/mol. The zero-order chi connectivity index (χ0) is 17.8. The molecule has 1 unspecified atom stereocenters. The first-order chi connectivity index (χ1) is 12.0. The first-order valence-corrected chi connectivity index (χ1v) is 9.19. The van der Waals surface area contributed by atoms with E-state index in [2.05, 4.69) is 19.8 Å². The van der Waals surface area contributed by atoms with Crippen molar-refractivity contribution in [3.05, 3.63) is 23.8 Å². The topological polar surface area (TPSA) is 72.8 Å². The van der Waals surface area contributed by atoms with Crippen LogP contribution < -0.4 is 0 Å². The number of aromatic nitrogens is 2. The number of carbonyl (C=O) groups is 1. The van der Waals surface area contributed by atoms with Gasteiger partial charge in [0.1, 0.15) is 0 Å². The molecule has 2 aliphatic heterocycles. The van der Waals surface area contributed by atoms with E-state index in [-0.39, 0.29) is 12.0 Å². The van der Waals surface area contributed by atoms with Crippen molar-refractivity contribution in [2.24, 2.45) is 0 Å². The number of aliphatic hydroxyl groups excluding tert-OH is 1. The Labute approximate surface area is 149 Å². The molecule has 7 heteroatoms. The van der Waals surface area contributed by atoms with Gasteiger partial charge in [0.2, 0.25) is 5.91 Å². The van der Waals surface area contributed by atoms with E-state index >= 15 is 0 Å². The normalized spacial score (nSPS) is 24.3. The molecule has 25 heavy (non-hydrogen) atoms. The van der Waals surface area contributed by atoms with Crippen molar-refractivity contribution in [3.63, 3.8) is 0 Å². The lowest BCUT2D eigenvalue weighted by Crippen LogP contribution is -2.48. The van der Waals surface area contributed by atoms with E-state index in [1.807, 2.05) is 11.8 Å². The molecule has 1 atom stereocenters. The molecule has 138 valence electrons. The van der Waals surface area contributed by atoms with Crippen molar-refractivity contribution in [3.8, 4) is 0 Å². The number of β-amino-alcohol motifs (C(OH)–C–C–N with tert-alkyl or cyclic N) is 1. The number of nitrogens with zero attached hydrogens (tertiary/aromatic N) is 5. The summed E-state index contributed by atoms with van der Waals surface area (Å²) in [6.45, 7) is 9.24. The van der Waals surface area contributed by atoms with Gasteiger partial charge in [0, 0.05) is 71.2 Å². The van der Waals surface area contributed by atoms with E-state index in [9.17, 15) is 9.90 Å². The van der Waals surface area contributed by atoms with Crippen LogP contribution in [0, 0.1) is 6.92 Å². The van der Waals surface area contributed by atoms with Gasteiger partial charge in [-0.15, -0.1) is 0 Å². The third-order valence-electron chi connectivity index (χ3n) is 5.40. The van der Waals surface area contributed by atoms with Gasteiger partial charge in [0.05, 0.1) is 17.5 Å². The van der Waals surface area contributed by atoms with Gasteiger partial charge in [-0.3, -0.25) is 24.6 Å². The highest BCUT2D eigenvalue weighted by Gasteiger charge is 2.29. The van der Waals surface area contributed by atoms with Crippen LogP contribution in [0.1, 0.15) is 31.2 Å². The highest BCUT2D eigenvalue weighted by molar-refractivity contribution is 5.73. The predicted molar refractivity (Wildman–Crippen MR) is 94.9 cm³/mol. The Morgan fingerprint density at radius 2 is 1.88 bits per heavy atom. The fraction of sp³-hybridized carbons (Fsp3) is 0.722. The van der Waals surface area contributed by atoms with Crippen LogP contribution in [0.25, 0.3) is 0 Å². The maximum atomic E-state index is 11.5. The fourth-order valence-electron chi connectivity index (χ4n) is 3.90. The molecule has 3 heterocycles. The van der Waals surface area contributed by atoms with Crippen molar-refractivity contribution in [2.45, 2.75) is 45.4 Å². The number of piperidine rings is 1. The van der Waals surface area contributed by atoms with E-state index in [0.717, 1.165) is 57.0 Å². The Balaban J connectivity index is 1.56. The summed E-state index contributed by atoms with van der Waals surface area (Å²) in [6.07, 6.45) is 5.08. The summed E-state index contributed by atoms with van der Waals surface area (Å²) >= 11 is 0. The molecule has 2 saturated heterocycles. The van der Waals surface area contributed by atoms with Gasteiger partial charge in [-0.25, -0.2) is 0 Å². The maximum Gasteiger partial charge on any atom is 0.219 e. The van der Waals surface area contributed by atoms with Gasteiger partial charge in [-0.05, 0) is 19.8 Å². The molecule has 0 radical (unpaired) electrons. The van der Waals surface area contributed by atoms with Crippen LogP contribution >= 0.6 is 0 Å². The first kappa shape index (κ1) is 18.2. The molecular formula is C18H29N5O2. The molecule has 3 rings (SSSR count). The second kappa shape index (κ2) is 8.21. The molecule has 0 aliphatic carbocycles. The summed E-state index contributed by atoms with van der Waals surface area (Å²) in [5.74, 6) is 0.167. The van der Waals surface area contributed by atoms with Crippen molar-refractivity contribution >= 4 is 5.91 Å². The van der Waals surface area contributed by atoms with Crippen LogP contribution in [-0.2, 0) is 11.3 Å². The third kappa shape index (κ3) is 4.74. The summed E-state index contributed by atoms with van der Waals surface area (Å²) in [5, 5.41) is 10.5. The van der Waals surface area contributed by atoms with Crippen molar-refractivity contribution in [1.82, 2.24) is 24.7 Å². The number of carbonyl (C=O) groups excluding carboxylic acids is 1. The molecule has 2 aliphatic rings. The molecule has 1 aromatic rings. The van der Waals surface area contributed by atoms with E-state index in [0.29, 0.717) is 19.1 Å². The summed E-state index contributed by atoms with van der Waals surface area (Å²) in [6, 6.07) is 0.462. The molecule has 0 bridgehead atoms. The quantitative estimate of drug-likeness (QED) is 0.846. The minimum Gasteiger partial charge on any atom is -0.390 e. The van der Waals surface area contributed by atoms with Gasteiger partial charge < -0.3 is 10.0 Å². The molecule has 0 aromatic carbocycles. The van der Waals surface area contributed by atoms with E-state index in [4.69, 9.17) is 0 Å². The number of aryl methyl sites for hydroxylation is 1. The molecule has 7 nitrogen and oxygen atoms in total. The highest BCUT2D eigenvalue weighted by Crippen LogP contribution is 2.19. The van der Waals surface area contributed by atoms with Crippen LogP contribution in [0.5, 0.6) is 0 Å². The van der Waals surface area contributed by atoms with Crippen LogP contribution in [0.4, 0.5) is 0 Å². The Hall–Kier alpha value is -1.57. The van der Waals surface area contributed by atoms with Crippen LogP contribution in [0.2, 0.25) is 0 Å². The standard InChI is InChI=1S/C18H29N5O2/c1-14-18(20-6-5-19-14)13-21-9-10-23(12-17(25)11-21)16-3-7-22(8-4-16)15(2)24/h5-6,16-17,25H,3-4,7-13H2,1-2H3. The molecule has 1 aromatic heterocycles. The number of likely N-dealkylation sites (tertiary alicyclic amines) is 1. The van der Waals surface area contributed by atoms with Gasteiger partial charge in [-0.2, -0.15) is 0 Å². The number of amides is 1. The minimum atomic E-state index is -0.356. The summed E-state index contributed by atoms with van der Waals surface area (Å²) in [4.78, 5) is 26.8. The third-order valence-corrected chi connectivity index (χ3v) is 5.40. The van der Waals surface area contributed by atoms with E-state index < -0.39 is 0 Å². The first-order valence-electron chi connectivity index (χ1n) is 9.19. The largest absolute Gasteiger partial charge is 0.390 e. The van der Waals surface area contributed by atoms with Crippen LogP contribution in [0.15, 0.2) is 12.4 Å². The number of hydrogen-bond acceptors (Lipinski definition) is 6. The Morgan fingerprint density at radius 1 is 1.16 bits per heavy atom. The van der Waals surface area contributed by atoms with E-state index in [1.54, 1.807) is 19.3 Å². The van der Waals surface area contributed by atoms with E-state index in [1.165, 1.54) is 0 Å². The fourth-order valence-corrected chi connectivity index (χ4v) is 3.90. The number of hydrogen-bond donors (Lipinski definition) is 1. The Bertz CT molecular complexity index is 589. The average Bonchev–Trinajstić information content (AvgIpc) is 2.78. The van der Waals surface area contributed by atoms with Crippen molar-refractivity contribution < 1.29 is 9.90 Å². The number of aliphatic hydroxyl groups is 1. The molecule has 2 fully saturated rings. The summed E-state index contributed by atoms with van der Waals surface area (Å²) in [5.41, 5.74) is 1.94. The van der Waals surface area contributed by atoms with Crippen molar-refractivity contribution in [1.29, 1.82) is 0 Å². The zero-order valence-corrected chi connectivity index (χ0v) is 15.3. The smallest absolute Gasteiger partial charge is 0.219 e. The van der Waals surface area contributed by atoms with Gasteiger partial charge in [0.15, 0.2) is 0 Å². The number of rotatable bonds is 3. The second-order valence-electron chi connectivity index (χ2n) is 7.21. The maximum absolute atomic E-state index is 11.5. The zero-order valence-electron chi connectivity index (χ0n) is 15.3. The molecular weight excluding hydrogens is 318 g/mol. The highest BCUT2D eigenvalue weighted by atomic mass is 16.3. The monoisotopic (exact) mass is 347 g/mol. The summed E-state index contributed by atoms with van der Waals surface area (Å²) in [7, 11) is 0. The Morgan fingerprint density at radius 3 is 2.56 bits per heavy atom. The molecule has 0 saturated carbocycles. The van der Waals surface area contributed by atoms with Gasteiger partial charge >= 0.3 is 0 Å². The lowest BCUT2D eigenvalue weighted by molar-refractivity contribution is -0.130. The molecule has 1 amide bonds. The van der Waals surface area contributed by atoms with Crippen LogP contribution in [-0.4, -0.2) is 87.1 Å². The lowest BCUT2D eigenvalue weighted by atomic mass is 10.0. The lowest BCUT2D eigenvalue weighted by Gasteiger charge is -2.38. The van der Waals surface area contributed by atoms with Crippen LogP contribution in [0.3, 0.4) is 0 Å². The summed E-state index contributed by atoms with van der Waals surface area (Å²) < 4.78 is 0. The molecule has 1 N–H and O–H groups in total. The van der Waals surface area contributed by atoms with Crippen molar-refractivity contribution in [2.75, 3.05) is 39.3 Å². The minimum absolute atomic E-state index is 0.167. The molecule has 0 spiro atoms.